The van der Waals surface area contributed by atoms with Crippen LogP contribution in [0.3, 0.4) is 0 Å². The van der Waals surface area contributed by atoms with Gasteiger partial charge in [-0.2, -0.15) is 0 Å². The molecule has 9 rings (SSSR count). The first-order chi connectivity index (χ1) is 36.4. The highest BCUT2D eigenvalue weighted by atomic mass is 16.6. The van der Waals surface area contributed by atoms with E-state index >= 15 is 9.59 Å². The van der Waals surface area contributed by atoms with E-state index in [0.29, 0.717) is 0 Å². The van der Waals surface area contributed by atoms with Gasteiger partial charge in [-0.05, 0) is 45.5 Å². The molecular formula is C62H56O12. The third-order valence-corrected chi connectivity index (χ3v) is 12.2. The van der Waals surface area contributed by atoms with Gasteiger partial charge in [0.25, 0.3) is 0 Å². The van der Waals surface area contributed by atoms with Gasteiger partial charge in [0, 0.05) is 25.3 Å². The van der Waals surface area contributed by atoms with Crippen molar-refractivity contribution < 1.29 is 57.0 Å². The van der Waals surface area contributed by atoms with Crippen molar-refractivity contribution in [2.24, 2.45) is 0 Å². The molecule has 0 radical (unpaired) electrons. The summed E-state index contributed by atoms with van der Waals surface area (Å²) in [6.45, 7) is -0.283. The predicted molar refractivity (Wildman–Crippen MR) is 279 cm³/mol. The number of cyclic esters (lactones) is 2. The van der Waals surface area contributed by atoms with Crippen LogP contribution in [0, 0.1) is 0 Å². The molecule has 74 heavy (non-hydrogen) atoms. The van der Waals surface area contributed by atoms with E-state index in [1.165, 1.54) is 14.2 Å². The SMILES string of the molecule is CO[C@H]1COC(=O)c2cc(OCc3ccccc3)c(OCc3ccccc3)c(OCc3ccccc3)c2-c2c(cc(OCc3ccccc3)c(OCc3ccccc3)c2OCc2ccccc2)C(=O)OC[C@@H]1OC. The minimum atomic E-state index is -0.849. The Morgan fingerprint density at radius 1 is 0.351 bits per heavy atom. The normalized spacial score (nSPS) is 14.4. The molecular weight excluding hydrogens is 937 g/mol. The summed E-state index contributed by atoms with van der Waals surface area (Å²) in [6.07, 6.45) is -1.70. The van der Waals surface area contributed by atoms with Crippen LogP contribution in [0.15, 0.2) is 194 Å². The Balaban J connectivity index is 1.37. The summed E-state index contributed by atoms with van der Waals surface area (Å²) in [5, 5.41) is 0. The second kappa shape index (κ2) is 25.2. The number of carbonyl (C=O) groups excluding carboxylic acids is 2. The average Bonchev–Trinajstić information content (AvgIpc) is 3.46. The van der Waals surface area contributed by atoms with Gasteiger partial charge in [0.1, 0.15) is 65.1 Å². The molecule has 0 N–H and O–H groups in total. The first-order valence-corrected chi connectivity index (χ1v) is 24.3. The van der Waals surface area contributed by atoms with Gasteiger partial charge in [0.2, 0.25) is 11.5 Å². The Morgan fingerprint density at radius 2 is 0.595 bits per heavy atom. The molecule has 0 saturated heterocycles. The van der Waals surface area contributed by atoms with Crippen LogP contribution in [-0.4, -0.2) is 51.6 Å². The van der Waals surface area contributed by atoms with Crippen LogP contribution >= 0.6 is 0 Å². The van der Waals surface area contributed by atoms with Gasteiger partial charge < -0.3 is 47.4 Å². The standard InChI is InChI=1S/C62H56O12/c1-65-53-41-73-61(63)49-33-51(67-35-43-21-9-3-10-22-43)57(69-37-45-25-13-5-14-26-45)59(71-39-47-29-17-7-18-30-47)55(49)56-50(62(64)74-42-54(53)66-2)34-52(68-36-44-23-11-4-12-24-44)58(70-38-46-27-15-6-16-28-46)60(56)72-40-48-31-19-8-20-32-48/h3-34,53-54H,35-42H2,1-2H3/t53-,54-/m0/s1. The number of methoxy groups -OCH3 is 2. The van der Waals surface area contributed by atoms with E-state index in [9.17, 15) is 0 Å². The molecule has 0 bridgehead atoms. The van der Waals surface area contributed by atoms with Crippen LogP contribution in [0.5, 0.6) is 34.5 Å². The molecule has 12 heteroatoms. The minimum absolute atomic E-state index is 0.0109. The van der Waals surface area contributed by atoms with Crippen molar-refractivity contribution in [3.63, 3.8) is 0 Å². The third-order valence-electron chi connectivity index (χ3n) is 12.2. The lowest BCUT2D eigenvalue weighted by molar-refractivity contribution is -0.0862. The molecule has 376 valence electrons. The molecule has 1 aliphatic heterocycles. The zero-order chi connectivity index (χ0) is 50.9. The monoisotopic (exact) mass is 992 g/mol. The van der Waals surface area contributed by atoms with Crippen molar-refractivity contribution in [3.8, 4) is 45.6 Å². The number of hydrogen-bond acceptors (Lipinski definition) is 12. The summed E-state index contributed by atoms with van der Waals surface area (Å²) in [5.41, 5.74) is 5.02. The van der Waals surface area contributed by atoms with Crippen molar-refractivity contribution in [2.45, 2.75) is 51.8 Å². The van der Waals surface area contributed by atoms with E-state index in [0.717, 1.165) is 33.4 Å². The van der Waals surface area contributed by atoms with Crippen molar-refractivity contribution in [1.29, 1.82) is 0 Å². The summed E-state index contributed by atoms with van der Waals surface area (Å²) >= 11 is 0. The molecule has 0 spiro atoms. The predicted octanol–water partition coefficient (Wildman–Crippen LogP) is 12.2. The fourth-order valence-corrected chi connectivity index (χ4v) is 8.33. The molecule has 0 amide bonds. The van der Waals surface area contributed by atoms with Crippen LogP contribution in [0.2, 0.25) is 0 Å². The van der Waals surface area contributed by atoms with Crippen LogP contribution < -0.4 is 28.4 Å². The maximum Gasteiger partial charge on any atom is 0.339 e. The summed E-state index contributed by atoms with van der Waals surface area (Å²) in [7, 11) is 2.93. The first-order valence-electron chi connectivity index (χ1n) is 24.3. The molecule has 1 heterocycles. The lowest BCUT2D eigenvalue weighted by atomic mass is 9.91. The Kier molecular flexibility index (Phi) is 17.1. The van der Waals surface area contributed by atoms with E-state index in [1.54, 1.807) is 12.1 Å². The Labute approximate surface area is 430 Å². The Hall–Kier alpha value is -8.58. The van der Waals surface area contributed by atoms with Gasteiger partial charge in [0.05, 0.1) is 11.1 Å². The molecule has 1 aliphatic rings. The van der Waals surface area contributed by atoms with Gasteiger partial charge in [-0.25, -0.2) is 9.59 Å². The number of benzene rings is 8. The van der Waals surface area contributed by atoms with Gasteiger partial charge in [0.15, 0.2) is 23.0 Å². The molecule has 12 nitrogen and oxygen atoms in total. The van der Waals surface area contributed by atoms with Crippen molar-refractivity contribution in [2.75, 3.05) is 27.4 Å². The second-order valence-corrected chi connectivity index (χ2v) is 17.3. The number of esters is 2. The van der Waals surface area contributed by atoms with Crippen molar-refractivity contribution in [1.82, 2.24) is 0 Å². The second-order valence-electron chi connectivity index (χ2n) is 17.3. The van der Waals surface area contributed by atoms with Crippen LogP contribution in [0.4, 0.5) is 0 Å². The van der Waals surface area contributed by atoms with Gasteiger partial charge in [-0.1, -0.05) is 182 Å². The quantitative estimate of drug-likeness (QED) is 0.0675. The van der Waals surface area contributed by atoms with Gasteiger partial charge in [-0.15, -0.1) is 0 Å². The van der Waals surface area contributed by atoms with E-state index in [4.69, 9.17) is 47.4 Å². The van der Waals surface area contributed by atoms with E-state index in [1.807, 2.05) is 182 Å². The Bertz CT molecular complexity index is 2850. The molecule has 0 aromatic heterocycles. The third kappa shape index (κ3) is 12.7. The number of carbonyl (C=O) groups is 2. The fraction of sp³-hybridized carbons (Fsp3) is 0.194. The molecule has 8 aromatic carbocycles. The molecule has 0 unspecified atom stereocenters. The summed E-state index contributed by atoms with van der Waals surface area (Å²) < 4.78 is 65.2. The Morgan fingerprint density at radius 3 is 0.851 bits per heavy atom. The van der Waals surface area contributed by atoms with Crippen LogP contribution in [0.25, 0.3) is 11.1 Å². The van der Waals surface area contributed by atoms with Crippen LogP contribution in [-0.2, 0) is 58.6 Å². The zero-order valence-electron chi connectivity index (χ0n) is 41.2. The van der Waals surface area contributed by atoms with E-state index < -0.39 is 24.1 Å². The highest BCUT2D eigenvalue weighted by Crippen LogP contribution is 2.56. The first kappa shape index (κ1) is 50.4. The largest absolute Gasteiger partial charge is 0.485 e. The molecule has 8 aromatic rings. The van der Waals surface area contributed by atoms with Crippen molar-refractivity contribution >= 4 is 11.9 Å². The molecule has 0 saturated carbocycles. The summed E-state index contributed by atoms with van der Waals surface area (Å²) in [6, 6.07) is 60.7. The number of rotatable bonds is 20. The lowest BCUT2D eigenvalue weighted by Crippen LogP contribution is -2.39. The number of fused-ring (bicyclic) bond motifs is 3. The lowest BCUT2D eigenvalue weighted by Gasteiger charge is -2.28. The highest BCUT2D eigenvalue weighted by Gasteiger charge is 2.38. The van der Waals surface area contributed by atoms with E-state index in [2.05, 4.69) is 0 Å². The molecule has 0 aliphatic carbocycles. The topological polar surface area (TPSA) is 126 Å². The summed E-state index contributed by atoms with van der Waals surface area (Å²) in [5.74, 6) is -0.917. The van der Waals surface area contributed by atoms with Crippen LogP contribution in [0.1, 0.15) is 54.1 Å². The molecule has 0 fully saturated rings. The van der Waals surface area contributed by atoms with Gasteiger partial charge in [-0.3, -0.25) is 0 Å². The summed E-state index contributed by atoms with van der Waals surface area (Å²) in [4.78, 5) is 30.7. The maximum atomic E-state index is 15.3. The van der Waals surface area contributed by atoms with Gasteiger partial charge >= 0.3 is 11.9 Å². The number of ether oxygens (including phenoxy) is 10. The molecule has 2 atom stereocenters. The van der Waals surface area contributed by atoms with Crippen molar-refractivity contribution in [3.05, 3.63) is 239 Å². The maximum absolute atomic E-state index is 15.3. The zero-order valence-corrected chi connectivity index (χ0v) is 41.2. The highest BCUT2D eigenvalue weighted by molar-refractivity contribution is 6.08. The minimum Gasteiger partial charge on any atom is -0.485 e. The fourth-order valence-electron chi connectivity index (χ4n) is 8.33. The van der Waals surface area contributed by atoms with E-state index in [-0.39, 0.29) is 110 Å². The smallest absolute Gasteiger partial charge is 0.339 e. The number of hydrogen-bond donors (Lipinski definition) is 0. The average molecular weight is 993 g/mol.